The van der Waals surface area contributed by atoms with Crippen molar-refractivity contribution in [2.75, 3.05) is 16.6 Å². The number of para-hydroxylation sites is 1. The molecule has 3 aromatic rings. The number of hydrogen-bond donors (Lipinski definition) is 2. The molecule has 0 aliphatic heterocycles. The maximum atomic E-state index is 13.1. The first-order valence-corrected chi connectivity index (χ1v) is 11.5. The summed E-state index contributed by atoms with van der Waals surface area (Å²) in [6, 6.07) is 12.0. The van der Waals surface area contributed by atoms with Crippen molar-refractivity contribution in [3.05, 3.63) is 76.4 Å². The molecule has 162 valence electrons. The van der Waals surface area contributed by atoms with E-state index in [4.69, 9.17) is 4.74 Å². The highest BCUT2D eigenvalue weighted by atomic mass is 32.2. The van der Waals surface area contributed by atoms with E-state index in [9.17, 15) is 22.4 Å². The first kappa shape index (κ1) is 22.4. The molecule has 10 heteroatoms. The lowest BCUT2D eigenvalue weighted by molar-refractivity contribution is 0.0531. The Hall–Kier alpha value is -3.24. The molecule has 0 fully saturated rings. The molecule has 0 saturated heterocycles. The molecule has 0 aliphatic rings. The van der Waals surface area contributed by atoms with Crippen LogP contribution in [0.2, 0.25) is 0 Å². The number of hydrogen-bond acceptors (Lipinski definition) is 6. The Balaban J connectivity index is 1.83. The number of sulfonamides is 1. The molecule has 1 aromatic heterocycles. The minimum absolute atomic E-state index is 0.0585. The first-order valence-electron chi connectivity index (χ1n) is 9.17. The summed E-state index contributed by atoms with van der Waals surface area (Å²) in [7, 11) is -4.03. The number of amides is 1. The van der Waals surface area contributed by atoms with E-state index in [2.05, 4.69) is 10.0 Å². The van der Waals surface area contributed by atoms with E-state index < -0.39 is 27.7 Å². The maximum Gasteiger partial charge on any atom is 0.348 e. The van der Waals surface area contributed by atoms with Crippen LogP contribution in [0.1, 0.15) is 32.5 Å². The quantitative estimate of drug-likeness (QED) is 0.506. The number of esters is 1. The third kappa shape index (κ3) is 5.28. The summed E-state index contributed by atoms with van der Waals surface area (Å²) in [6.45, 7) is 3.66. The van der Waals surface area contributed by atoms with Crippen LogP contribution in [0.25, 0.3) is 0 Å². The topological polar surface area (TPSA) is 102 Å². The van der Waals surface area contributed by atoms with E-state index in [1.807, 2.05) is 0 Å². The predicted octanol–water partition coefficient (Wildman–Crippen LogP) is 4.43. The Bertz CT molecular complexity index is 1220. The fraction of sp³-hybridized carbons (Fsp3) is 0.143. The van der Waals surface area contributed by atoms with E-state index >= 15 is 0 Å². The van der Waals surface area contributed by atoms with Gasteiger partial charge in [-0.3, -0.25) is 9.52 Å². The highest BCUT2D eigenvalue weighted by Crippen LogP contribution is 2.29. The second-order valence-corrected chi connectivity index (χ2v) is 9.14. The van der Waals surface area contributed by atoms with E-state index in [0.29, 0.717) is 15.4 Å². The van der Waals surface area contributed by atoms with Gasteiger partial charge in [0.25, 0.3) is 15.9 Å². The number of nitrogens with one attached hydrogen (secondary N) is 2. The van der Waals surface area contributed by atoms with Crippen LogP contribution >= 0.6 is 11.3 Å². The molecule has 1 amide bonds. The van der Waals surface area contributed by atoms with Crippen LogP contribution in [0.3, 0.4) is 0 Å². The molecule has 0 atom stereocenters. The van der Waals surface area contributed by atoms with Crippen LogP contribution in [0.15, 0.2) is 59.5 Å². The van der Waals surface area contributed by atoms with E-state index in [-0.39, 0.29) is 22.8 Å². The van der Waals surface area contributed by atoms with E-state index in [1.54, 1.807) is 32.0 Å². The minimum atomic E-state index is -4.03. The molecule has 0 radical (unpaired) electrons. The molecule has 0 unspecified atom stereocenters. The largest absolute Gasteiger partial charge is 0.462 e. The molecular formula is C21H19FN2O5S2. The van der Waals surface area contributed by atoms with Crippen molar-refractivity contribution in [2.45, 2.75) is 18.7 Å². The molecule has 2 aromatic carbocycles. The van der Waals surface area contributed by atoms with Crippen molar-refractivity contribution in [1.29, 1.82) is 0 Å². The second kappa shape index (κ2) is 9.27. The third-order valence-electron chi connectivity index (χ3n) is 4.16. The van der Waals surface area contributed by atoms with Gasteiger partial charge < -0.3 is 10.1 Å². The van der Waals surface area contributed by atoms with Gasteiger partial charge in [-0.1, -0.05) is 12.1 Å². The van der Waals surface area contributed by atoms with Crippen molar-refractivity contribution in [3.63, 3.8) is 0 Å². The average Bonchev–Trinajstić information content (AvgIpc) is 3.08. The molecule has 0 bridgehead atoms. The zero-order valence-electron chi connectivity index (χ0n) is 16.6. The van der Waals surface area contributed by atoms with Gasteiger partial charge in [-0.05, 0) is 61.9 Å². The molecule has 1 heterocycles. The highest BCUT2D eigenvalue weighted by Gasteiger charge is 2.20. The standard InChI is InChI=1S/C21H19FN2O5S2/c1-3-29-21(26)19-13(2)12-18(30-19)23-20(25)16-6-4-5-7-17(16)24-31(27,28)15-10-8-14(22)9-11-15/h4-12,24H,3H2,1-2H3,(H,23,25). The molecule has 31 heavy (non-hydrogen) atoms. The number of ether oxygens (including phenoxy) is 1. The number of carbonyl (C=O) groups is 2. The molecule has 0 spiro atoms. The number of anilines is 2. The van der Waals surface area contributed by atoms with Crippen molar-refractivity contribution in [1.82, 2.24) is 0 Å². The Labute approximate surface area is 182 Å². The Kier molecular flexibility index (Phi) is 6.71. The van der Waals surface area contributed by atoms with Gasteiger partial charge in [-0.25, -0.2) is 17.6 Å². The minimum Gasteiger partial charge on any atom is -0.462 e. The van der Waals surface area contributed by atoms with E-state index in [1.165, 1.54) is 12.1 Å². The summed E-state index contributed by atoms with van der Waals surface area (Å²) in [4.78, 5) is 25.0. The number of aryl methyl sites for hydroxylation is 1. The summed E-state index contributed by atoms with van der Waals surface area (Å²) in [5.41, 5.74) is 0.796. The summed E-state index contributed by atoms with van der Waals surface area (Å²) < 4.78 is 45.7. The van der Waals surface area contributed by atoms with Gasteiger partial charge in [0.2, 0.25) is 0 Å². The molecule has 0 aliphatic carbocycles. The highest BCUT2D eigenvalue weighted by molar-refractivity contribution is 7.92. The van der Waals surface area contributed by atoms with Gasteiger partial charge in [0.15, 0.2) is 0 Å². The summed E-state index contributed by atoms with van der Waals surface area (Å²) >= 11 is 1.07. The molecule has 3 rings (SSSR count). The van der Waals surface area contributed by atoms with Crippen molar-refractivity contribution in [2.24, 2.45) is 0 Å². The molecule has 7 nitrogen and oxygen atoms in total. The van der Waals surface area contributed by atoms with Crippen molar-refractivity contribution in [3.8, 4) is 0 Å². The number of thiophene rings is 1. The van der Waals surface area contributed by atoms with Gasteiger partial charge >= 0.3 is 5.97 Å². The Morgan fingerprint density at radius 3 is 2.45 bits per heavy atom. The normalized spacial score (nSPS) is 11.1. The van der Waals surface area contributed by atoms with Crippen molar-refractivity contribution >= 4 is 43.9 Å². The lowest BCUT2D eigenvalue weighted by Gasteiger charge is -2.12. The molecule has 2 N–H and O–H groups in total. The van der Waals surface area contributed by atoms with Crippen LogP contribution in [0.4, 0.5) is 15.1 Å². The summed E-state index contributed by atoms with van der Waals surface area (Å²) in [5.74, 6) is -1.60. The second-order valence-electron chi connectivity index (χ2n) is 6.40. The fourth-order valence-electron chi connectivity index (χ4n) is 2.71. The van der Waals surface area contributed by atoms with Crippen LogP contribution in [-0.2, 0) is 14.8 Å². The zero-order chi connectivity index (χ0) is 22.6. The maximum absolute atomic E-state index is 13.1. The summed E-state index contributed by atoms with van der Waals surface area (Å²) in [6.07, 6.45) is 0. The monoisotopic (exact) mass is 462 g/mol. The van der Waals surface area contributed by atoms with Crippen LogP contribution in [0.5, 0.6) is 0 Å². The SMILES string of the molecule is CCOC(=O)c1sc(NC(=O)c2ccccc2NS(=O)(=O)c2ccc(F)cc2)cc1C. The molecular weight excluding hydrogens is 443 g/mol. The van der Waals surface area contributed by atoms with Gasteiger partial charge in [-0.2, -0.15) is 0 Å². The van der Waals surface area contributed by atoms with Crippen LogP contribution in [-0.4, -0.2) is 26.9 Å². The molecule has 0 saturated carbocycles. The van der Waals surface area contributed by atoms with E-state index in [0.717, 1.165) is 35.6 Å². The Morgan fingerprint density at radius 1 is 1.10 bits per heavy atom. The lowest BCUT2D eigenvalue weighted by Crippen LogP contribution is -2.18. The van der Waals surface area contributed by atoms with Gasteiger partial charge in [0.05, 0.1) is 27.8 Å². The number of halogens is 1. The number of benzene rings is 2. The fourth-order valence-corrected chi connectivity index (χ4v) is 4.75. The summed E-state index contributed by atoms with van der Waals surface area (Å²) in [5, 5.41) is 3.10. The number of carbonyl (C=O) groups excluding carboxylic acids is 2. The predicted molar refractivity (Wildman–Crippen MR) is 117 cm³/mol. The van der Waals surface area contributed by atoms with Crippen LogP contribution < -0.4 is 10.0 Å². The zero-order valence-corrected chi connectivity index (χ0v) is 18.3. The third-order valence-corrected chi connectivity index (χ3v) is 6.67. The van der Waals surface area contributed by atoms with Crippen molar-refractivity contribution < 1.29 is 27.1 Å². The average molecular weight is 463 g/mol. The first-order chi connectivity index (χ1) is 14.7. The smallest absolute Gasteiger partial charge is 0.348 e. The number of rotatable bonds is 7. The van der Waals surface area contributed by atoms with Gasteiger partial charge in [-0.15, -0.1) is 11.3 Å². The van der Waals surface area contributed by atoms with Gasteiger partial charge in [0, 0.05) is 0 Å². The van der Waals surface area contributed by atoms with Crippen LogP contribution in [0, 0.1) is 12.7 Å². The Morgan fingerprint density at radius 2 is 1.77 bits per heavy atom. The van der Waals surface area contributed by atoms with Gasteiger partial charge in [0.1, 0.15) is 10.7 Å². The lowest BCUT2D eigenvalue weighted by atomic mass is 10.1.